The molecule has 270 valence electrons. The van der Waals surface area contributed by atoms with Gasteiger partial charge in [-0.2, -0.15) is 0 Å². The van der Waals surface area contributed by atoms with Gasteiger partial charge in [-0.1, -0.05) is 36.9 Å². The summed E-state index contributed by atoms with van der Waals surface area (Å²) in [6.45, 7) is 11.3. The van der Waals surface area contributed by atoms with Crippen LogP contribution in [0.2, 0.25) is 5.02 Å². The Morgan fingerprint density at radius 3 is 2.74 bits per heavy atom. The number of morpholine rings is 1. The number of rotatable bonds is 3. The number of unbranched alkanes of at least 4 members (excludes halogenated alkanes) is 1. The second-order valence-electron chi connectivity index (χ2n) is 15.6. The van der Waals surface area contributed by atoms with Gasteiger partial charge < -0.3 is 14.4 Å². The maximum atomic E-state index is 13.5. The maximum Gasteiger partial charge on any atom is 0.263 e. The summed E-state index contributed by atoms with van der Waals surface area (Å²) in [5, 5.41) is 0.638. The van der Waals surface area contributed by atoms with Gasteiger partial charge in [0, 0.05) is 54.5 Å². The summed E-state index contributed by atoms with van der Waals surface area (Å²) in [6, 6.07) is 12.1. The Balaban J connectivity index is 1.19. The number of nitrogens with one attached hydrogen (secondary N) is 1. The molecular weight excluding hydrogens is 666 g/mol. The van der Waals surface area contributed by atoms with Crippen LogP contribution in [0.3, 0.4) is 0 Å². The van der Waals surface area contributed by atoms with E-state index in [9.17, 15) is 9.00 Å². The first kappa shape index (κ1) is 35.8. The van der Waals surface area contributed by atoms with Crippen LogP contribution in [0.5, 0.6) is 5.75 Å². The minimum atomic E-state index is -1.48. The Hall–Kier alpha value is -2.57. The molecule has 1 spiro atoms. The van der Waals surface area contributed by atoms with Gasteiger partial charge in [0.15, 0.2) is 0 Å². The number of carbonyl (C=O) groups is 1. The highest BCUT2D eigenvalue weighted by atomic mass is 35.5. The summed E-state index contributed by atoms with van der Waals surface area (Å²) in [4.78, 5) is 18.6. The van der Waals surface area contributed by atoms with Crippen LogP contribution >= 0.6 is 11.6 Å². The van der Waals surface area contributed by atoms with E-state index < -0.39 is 11.0 Å². The van der Waals surface area contributed by atoms with Gasteiger partial charge in [0.05, 0.1) is 30.8 Å². The van der Waals surface area contributed by atoms with E-state index in [2.05, 4.69) is 45.4 Å². The number of ether oxygens (including phenoxy) is 2. The molecule has 0 aromatic heterocycles. The number of hydrogen-bond donors (Lipinski definition) is 1. The molecule has 5 aliphatic rings. The van der Waals surface area contributed by atoms with Crippen molar-refractivity contribution in [2.75, 3.05) is 57.4 Å². The second-order valence-corrected chi connectivity index (χ2v) is 17.6. The van der Waals surface area contributed by atoms with E-state index in [1.54, 1.807) is 0 Å². The average molecular weight is 720 g/mol. The van der Waals surface area contributed by atoms with E-state index in [0.717, 1.165) is 114 Å². The number of fused-ring (bicyclic) bond motifs is 4. The van der Waals surface area contributed by atoms with Crippen LogP contribution < -0.4 is 14.4 Å². The molecule has 3 heterocycles. The van der Waals surface area contributed by atoms with Gasteiger partial charge in [0.25, 0.3) is 5.91 Å². The number of amides is 1. The fourth-order valence-corrected chi connectivity index (χ4v) is 10.3. The molecular formula is C41H54ClN3O4S. The van der Waals surface area contributed by atoms with Crippen molar-refractivity contribution in [3.8, 4) is 17.6 Å². The predicted octanol–water partition coefficient (Wildman–Crippen LogP) is 7.17. The first-order chi connectivity index (χ1) is 24.3. The fourth-order valence-electron chi connectivity index (χ4n) is 9.05. The molecule has 7 nitrogen and oxygen atoms in total. The summed E-state index contributed by atoms with van der Waals surface area (Å²) in [6.07, 6.45) is 10.7. The Bertz CT molecular complexity index is 1620. The summed E-state index contributed by atoms with van der Waals surface area (Å²) < 4.78 is 28.5. The lowest BCUT2D eigenvalue weighted by atomic mass is 9.65. The van der Waals surface area contributed by atoms with Gasteiger partial charge in [-0.05, 0) is 124 Å². The smallest absolute Gasteiger partial charge is 0.263 e. The van der Waals surface area contributed by atoms with Crippen molar-refractivity contribution < 1.29 is 18.5 Å². The zero-order valence-electron chi connectivity index (χ0n) is 29.9. The number of benzene rings is 2. The topological polar surface area (TPSA) is 71.1 Å². The van der Waals surface area contributed by atoms with E-state index in [0.29, 0.717) is 29.9 Å². The van der Waals surface area contributed by atoms with E-state index in [1.807, 2.05) is 31.2 Å². The highest BCUT2D eigenvalue weighted by Crippen LogP contribution is 2.48. The van der Waals surface area contributed by atoms with Crippen molar-refractivity contribution in [2.24, 2.45) is 23.7 Å². The van der Waals surface area contributed by atoms with Gasteiger partial charge in [-0.15, -0.1) is 5.92 Å². The molecule has 1 saturated heterocycles. The van der Waals surface area contributed by atoms with E-state index >= 15 is 0 Å². The Morgan fingerprint density at radius 1 is 1.06 bits per heavy atom. The molecule has 3 aliphatic heterocycles. The summed E-state index contributed by atoms with van der Waals surface area (Å²) in [7, 11) is -1.48. The van der Waals surface area contributed by atoms with Crippen molar-refractivity contribution in [1.82, 2.24) is 9.62 Å². The molecule has 9 heteroatoms. The monoisotopic (exact) mass is 719 g/mol. The number of carbonyl (C=O) groups excluding carboxylic acids is 1. The van der Waals surface area contributed by atoms with Crippen molar-refractivity contribution >= 4 is 34.2 Å². The number of nitrogens with zero attached hydrogens (tertiary/aromatic N) is 2. The van der Waals surface area contributed by atoms with Gasteiger partial charge in [-0.3, -0.25) is 14.4 Å². The largest absolute Gasteiger partial charge is 0.490 e. The van der Waals surface area contributed by atoms with Crippen LogP contribution in [0.25, 0.3) is 0 Å². The molecule has 2 aromatic rings. The molecule has 0 radical (unpaired) electrons. The molecule has 7 rings (SSSR count). The Labute approximate surface area is 306 Å². The average Bonchev–Trinajstić information content (AvgIpc) is 3.26. The summed E-state index contributed by atoms with van der Waals surface area (Å²) in [5.41, 5.74) is 3.98. The third-order valence-electron chi connectivity index (χ3n) is 12.4. The molecule has 2 aliphatic carbocycles. The van der Waals surface area contributed by atoms with E-state index in [-0.39, 0.29) is 22.5 Å². The van der Waals surface area contributed by atoms with Crippen LogP contribution in [0.1, 0.15) is 93.1 Å². The van der Waals surface area contributed by atoms with Crippen LogP contribution in [0.4, 0.5) is 5.69 Å². The van der Waals surface area contributed by atoms with E-state index in [1.165, 1.54) is 24.0 Å². The Morgan fingerprint density at radius 2 is 1.92 bits per heavy atom. The predicted molar refractivity (Wildman–Crippen MR) is 202 cm³/mol. The quantitative estimate of drug-likeness (QED) is 0.268. The van der Waals surface area contributed by atoms with Crippen molar-refractivity contribution in [2.45, 2.75) is 88.7 Å². The minimum Gasteiger partial charge on any atom is -0.490 e. The molecule has 7 atom stereocenters. The lowest BCUT2D eigenvalue weighted by Gasteiger charge is -2.46. The lowest BCUT2D eigenvalue weighted by molar-refractivity contribution is 0.0376. The standard InChI is InChI=1S/C41H54ClN3O4S/c1-29-8-6-10-31(9-4-3-5-19-44-20-22-48-23-21-44)36-15-12-34(36)26-45-27-41(18-7-11-32-24-35(42)14-16-37(32)41)28-49-39-17-13-33(25-38(39)45)40(46)43-50(47)30(29)2/h13-14,16-17,24-25,29-31,34,36H,3,5-8,10-12,15,18-23,26-28H2,1-2H3,(H,43,46)/t29?,30?,31?,34?,36?,41-,50?/m0/s1. The third-order valence-corrected chi connectivity index (χ3v) is 14.2. The zero-order chi connectivity index (χ0) is 34.7. The molecule has 1 amide bonds. The SMILES string of the molecule is CC1CCCC(C#CCCCN2CCOCC2)C2CCC2CN2C[C@@]3(CCCc4cc(Cl)ccc43)COc3ccc(cc32)C(=O)NS(=O)C1C. The Kier molecular flexibility index (Phi) is 11.4. The number of anilines is 1. The zero-order valence-corrected chi connectivity index (χ0v) is 31.5. The molecule has 50 heavy (non-hydrogen) atoms. The second kappa shape index (κ2) is 16.0. The fraction of sp³-hybridized carbons (Fsp3) is 0.634. The van der Waals surface area contributed by atoms with Crippen LogP contribution in [0.15, 0.2) is 36.4 Å². The molecule has 1 saturated carbocycles. The van der Waals surface area contributed by atoms with E-state index in [4.69, 9.17) is 21.1 Å². The molecule has 1 N–H and O–H groups in total. The number of aryl methyl sites for hydroxylation is 1. The highest BCUT2D eigenvalue weighted by Gasteiger charge is 2.44. The van der Waals surface area contributed by atoms with Crippen molar-refractivity contribution in [3.63, 3.8) is 0 Å². The molecule has 2 fully saturated rings. The van der Waals surface area contributed by atoms with Gasteiger partial charge in [0.1, 0.15) is 16.7 Å². The van der Waals surface area contributed by atoms with Crippen LogP contribution in [-0.2, 0) is 27.6 Å². The third kappa shape index (κ3) is 7.92. The highest BCUT2D eigenvalue weighted by molar-refractivity contribution is 7.84. The van der Waals surface area contributed by atoms with Gasteiger partial charge in [-0.25, -0.2) is 4.21 Å². The van der Waals surface area contributed by atoms with Gasteiger partial charge >= 0.3 is 0 Å². The first-order valence-corrected chi connectivity index (χ1v) is 20.7. The number of hydrogen-bond acceptors (Lipinski definition) is 6. The number of halogens is 1. The normalized spacial score (nSPS) is 31.9. The summed E-state index contributed by atoms with van der Waals surface area (Å²) in [5.74, 6) is 9.63. The summed E-state index contributed by atoms with van der Waals surface area (Å²) >= 11 is 6.49. The molecule has 6 unspecified atom stereocenters. The first-order valence-electron chi connectivity index (χ1n) is 19.1. The van der Waals surface area contributed by atoms with Gasteiger partial charge in [0.2, 0.25) is 0 Å². The molecule has 2 bridgehead atoms. The van der Waals surface area contributed by atoms with Crippen molar-refractivity contribution in [1.29, 1.82) is 0 Å². The molecule has 2 aromatic carbocycles. The maximum absolute atomic E-state index is 13.5. The lowest BCUT2D eigenvalue weighted by Crippen LogP contribution is -2.49. The minimum absolute atomic E-state index is 0.145. The van der Waals surface area contributed by atoms with Crippen LogP contribution in [0, 0.1) is 35.5 Å². The van der Waals surface area contributed by atoms with Crippen molar-refractivity contribution in [3.05, 3.63) is 58.1 Å². The van der Waals surface area contributed by atoms with Crippen LogP contribution in [-0.4, -0.2) is 72.8 Å².